The first-order chi connectivity index (χ1) is 9.84. The van der Waals surface area contributed by atoms with Gasteiger partial charge in [0.05, 0.1) is 24.5 Å². The van der Waals surface area contributed by atoms with E-state index in [1.807, 2.05) is 4.90 Å². The number of carbonyl (C=O) groups excluding carboxylic acids is 1. The Bertz CT molecular complexity index is 455. The molecule has 2 unspecified atom stereocenters. The van der Waals surface area contributed by atoms with Gasteiger partial charge in [0, 0.05) is 18.9 Å². The average Bonchev–Trinajstić information content (AvgIpc) is 2.53. The number of aromatic nitrogens is 2. The van der Waals surface area contributed by atoms with Crippen LogP contribution in [-0.4, -0.2) is 51.8 Å². The lowest BCUT2D eigenvalue weighted by Gasteiger charge is -2.43. The van der Waals surface area contributed by atoms with E-state index in [4.69, 9.17) is 4.74 Å². The maximum absolute atomic E-state index is 12.4. The molecule has 1 aliphatic heterocycles. The Balaban J connectivity index is 1.58. The van der Waals surface area contributed by atoms with Crippen LogP contribution in [0.5, 0.6) is 0 Å². The second-order valence-electron chi connectivity index (χ2n) is 5.17. The number of ether oxygens (including phenoxy) is 1. The Morgan fingerprint density at radius 3 is 3.00 bits per heavy atom. The van der Waals surface area contributed by atoms with Crippen molar-refractivity contribution in [3.8, 4) is 0 Å². The van der Waals surface area contributed by atoms with Crippen molar-refractivity contribution in [1.29, 1.82) is 0 Å². The number of carbonyl (C=O) groups is 1. The molecule has 1 saturated heterocycles. The first-order valence-electron chi connectivity index (χ1n) is 7.15. The van der Waals surface area contributed by atoms with E-state index in [0.29, 0.717) is 17.5 Å². The smallest absolute Gasteiger partial charge is 0.233 e. The van der Waals surface area contributed by atoms with Crippen LogP contribution in [0.15, 0.2) is 23.6 Å². The number of thioether (sulfide) groups is 1. The number of amides is 1. The molecule has 108 valence electrons. The van der Waals surface area contributed by atoms with Gasteiger partial charge in [-0.2, -0.15) is 0 Å². The highest BCUT2D eigenvalue weighted by Gasteiger charge is 2.36. The summed E-state index contributed by atoms with van der Waals surface area (Å²) in [6, 6.07) is 2.06. The van der Waals surface area contributed by atoms with Gasteiger partial charge < -0.3 is 9.64 Å². The van der Waals surface area contributed by atoms with Gasteiger partial charge in [0.15, 0.2) is 5.16 Å². The van der Waals surface area contributed by atoms with Crippen molar-refractivity contribution in [2.24, 2.45) is 0 Å². The maximum Gasteiger partial charge on any atom is 0.233 e. The van der Waals surface area contributed by atoms with E-state index in [9.17, 15) is 4.79 Å². The lowest BCUT2D eigenvalue weighted by molar-refractivity contribution is -0.146. The predicted octanol–water partition coefficient (Wildman–Crippen LogP) is 1.74. The van der Waals surface area contributed by atoms with Crippen molar-refractivity contribution < 1.29 is 9.53 Å². The van der Waals surface area contributed by atoms with Crippen LogP contribution in [0.3, 0.4) is 0 Å². The van der Waals surface area contributed by atoms with Crippen LogP contribution in [0.4, 0.5) is 0 Å². The number of rotatable bonds is 3. The molecule has 2 aliphatic rings. The van der Waals surface area contributed by atoms with Gasteiger partial charge in [-0.05, 0) is 18.9 Å². The summed E-state index contributed by atoms with van der Waals surface area (Å²) in [5.74, 6) is 0.593. The van der Waals surface area contributed by atoms with Crippen molar-refractivity contribution in [3.05, 3.63) is 18.5 Å². The molecule has 0 spiro atoms. The second kappa shape index (κ2) is 6.54. The Labute approximate surface area is 123 Å². The second-order valence-corrected chi connectivity index (χ2v) is 6.11. The number of fused-ring (bicyclic) bond motifs is 1. The lowest BCUT2D eigenvalue weighted by Crippen LogP contribution is -2.55. The molecule has 5 nitrogen and oxygen atoms in total. The molecule has 0 bridgehead atoms. The molecule has 1 aliphatic carbocycles. The summed E-state index contributed by atoms with van der Waals surface area (Å²) in [5.41, 5.74) is 0. The number of hydrogen-bond acceptors (Lipinski definition) is 5. The highest BCUT2D eigenvalue weighted by molar-refractivity contribution is 7.99. The molecule has 20 heavy (non-hydrogen) atoms. The number of nitrogens with zero attached hydrogens (tertiary/aromatic N) is 3. The molecule has 2 atom stereocenters. The molecule has 1 aromatic heterocycles. The highest BCUT2D eigenvalue weighted by Crippen LogP contribution is 2.29. The zero-order chi connectivity index (χ0) is 13.8. The fraction of sp³-hybridized carbons (Fsp3) is 0.643. The van der Waals surface area contributed by atoms with E-state index in [0.717, 1.165) is 19.4 Å². The van der Waals surface area contributed by atoms with Gasteiger partial charge in [-0.3, -0.25) is 4.79 Å². The summed E-state index contributed by atoms with van der Waals surface area (Å²) >= 11 is 1.41. The maximum atomic E-state index is 12.4. The van der Waals surface area contributed by atoms with Crippen molar-refractivity contribution in [1.82, 2.24) is 14.9 Å². The minimum absolute atomic E-state index is 0.183. The molecule has 1 amide bonds. The van der Waals surface area contributed by atoms with Gasteiger partial charge in [0.25, 0.3) is 0 Å². The summed E-state index contributed by atoms with van der Waals surface area (Å²) in [7, 11) is 0. The lowest BCUT2D eigenvalue weighted by atomic mass is 9.90. The van der Waals surface area contributed by atoms with Crippen LogP contribution < -0.4 is 0 Å². The molecule has 2 fully saturated rings. The third kappa shape index (κ3) is 3.12. The summed E-state index contributed by atoms with van der Waals surface area (Å²) in [4.78, 5) is 22.7. The number of morpholine rings is 1. The molecule has 1 aromatic rings. The van der Waals surface area contributed by atoms with Crippen LogP contribution in [0, 0.1) is 0 Å². The van der Waals surface area contributed by atoms with E-state index in [1.165, 1.54) is 24.6 Å². The van der Waals surface area contributed by atoms with Crippen molar-refractivity contribution >= 4 is 17.7 Å². The van der Waals surface area contributed by atoms with Crippen LogP contribution in [0.1, 0.15) is 25.7 Å². The van der Waals surface area contributed by atoms with Crippen molar-refractivity contribution in [2.45, 2.75) is 43.0 Å². The highest BCUT2D eigenvalue weighted by atomic mass is 32.2. The third-order valence-electron chi connectivity index (χ3n) is 3.92. The zero-order valence-corrected chi connectivity index (χ0v) is 12.2. The van der Waals surface area contributed by atoms with Gasteiger partial charge in [0.2, 0.25) is 5.91 Å². The first-order valence-corrected chi connectivity index (χ1v) is 8.14. The van der Waals surface area contributed by atoms with Crippen molar-refractivity contribution in [2.75, 3.05) is 18.9 Å². The van der Waals surface area contributed by atoms with E-state index >= 15 is 0 Å². The van der Waals surface area contributed by atoms with Crippen LogP contribution in [0.2, 0.25) is 0 Å². The topological polar surface area (TPSA) is 55.3 Å². The summed E-state index contributed by atoms with van der Waals surface area (Å²) in [5, 5.41) is 0.661. The van der Waals surface area contributed by atoms with Gasteiger partial charge in [-0.25, -0.2) is 9.97 Å². The molecule has 2 heterocycles. The molecule has 0 aromatic carbocycles. The van der Waals surface area contributed by atoms with Crippen molar-refractivity contribution in [3.63, 3.8) is 0 Å². The molecule has 6 heteroatoms. The van der Waals surface area contributed by atoms with Crippen LogP contribution in [-0.2, 0) is 9.53 Å². The molecular weight excluding hydrogens is 274 g/mol. The standard InChI is InChI=1S/C14H19N3O2S/c18-13(10-20-14-15-6-3-7-16-14)17-8-9-19-12-5-2-1-4-11(12)17/h3,6-7,11-12H,1-2,4-5,8-10H2. The Morgan fingerprint density at radius 2 is 2.15 bits per heavy atom. The van der Waals surface area contributed by atoms with Gasteiger partial charge in [-0.15, -0.1) is 0 Å². The van der Waals surface area contributed by atoms with E-state index in [-0.39, 0.29) is 18.1 Å². The zero-order valence-electron chi connectivity index (χ0n) is 11.4. The van der Waals surface area contributed by atoms with Crippen LogP contribution in [0.25, 0.3) is 0 Å². The van der Waals surface area contributed by atoms with E-state index < -0.39 is 0 Å². The normalized spacial score (nSPS) is 26.1. The quantitative estimate of drug-likeness (QED) is 0.627. The van der Waals surface area contributed by atoms with Gasteiger partial charge in [-0.1, -0.05) is 24.6 Å². The summed E-state index contributed by atoms with van der Waals surface area (Å²) in [6.07, 6.45) is 8.22. The fourth-order valence-corrected chi connectivity index (χ4v) is 3.66. The minimum atomic E-state index is 0.183. The minimum Gasteiger partial charge on any atom is -0.374 e. The molecule has 3 rings (SSSR count). The largest absolute Gasteiger partial charge is 0.374 e. The molecular formula is C14H19N3O2S. The van der Waals surface area contributed by atoms with E-state index in [2.05, 4.69) is 9.97 Å². The average molecular weight is 293 g/mol. The Hall–Kier alpha value is -1.14. The predicted molar refractivity (Wildman–Crippen MR) is 76.5 cm³/mol. The molecule has 1 saturated carbocycles. The first kappa shape index (κ1) is 13.8. The summed E-state index contributed by atoms with van der Waals surface area (Å²) in [6.45, 7) is 1.38. The Morgan fingerprint density at radius 1 is 1.35 bits per heavy atom. The van der Waals surface area contributed by atoms with Crippen LogP contribution >= 0.6 is 11.8 Å². The monoisotopic (exact) mass is 293 g/mol. The van der Waals surface area contributed by atoms with E-state index in [1.54, 1.807) is 18.5 Å². The fourth-order valence-electron chi connectivity index (χ4n) is 2.98. The Kier molecular flexibility index (Phi) is 4.52. The molecule has 0 N–H and O–H groups in total. The SMILES string of the molecule is O=C(CSc1ncccn1)N1CCOC2CCCCC21. The summed E-state index contributed by atoms with van der Waals surface area (Å²) < 4.78 is 5.80. The third-order valence-corrected chi connectivity index (χ3v) is 4.78. The van der Waals surface area contributed by atoms with Gasteiger partial charge in [0.1, 0.15) is 0 Å². The number of hydrogen-bond donors (Lipinski definition) is 0. The molecule has 0 radical (unpaired) electrons. The van der Waals surface area contributed by atoms with Gasteiger partial charge >= 0.3 is 0 Å².